The summed E-state index contributed by atoms with van der Waals surface area (Å²) in [5.74, 6) is -0.0484. The molecular formula is C24H24N4O2S2. The Labute approximate surface area is 194 Å². The molecule has 0 aliphatic heterocycles. The van der Waals surface area contributed by atoms with E-state index >= 15 is 0 Å². The Morgan fingerprint density at radius 1 is 1.06 bits per heavy atom. The van der Waals surface area contributed by atoms with Gasteiger partial charge in [-0.15, -0.1) is 0 Å². The Kier molecular flexibility index (Phi) is 7.02. The molecule has 0 atom stereocenters. The van der Waals surface area contributed by atoms with Gasteiger partial charge in [0, 0.05) is 24.2 Å². The number of fused-ring (bicyclic) bond motifs is 1. The zero-order valence-electron chi connectivity index (χ0n) is 18.0. The number of aryl methyl sites for hydroxylation is 1. The standard InChI is InChI=1S/C24H24N4O2S2/c1-16-18(22(30)27-23(25-16)31-2)12-13-21(29)28(15-14-17-8-4-3-5-9-17)24-26-19-10-6-7-11-20(19)32-24/h3-11H,12-15H2,1-2H3,(H,25,27,30). The number of carbonyl (C=O) groups excluding carboxylic acids is 1. The Hall–Kier alpha value is -2.97. The van der Waals surface area contributed by atoms with Gasteiger partial charge >= 0.3 is 0 Å². The number of aromatic nitrogens is 3. The highest BCUT2D eigenvalue weighted by atomic mass is 32.2. The Bertz CT molecular complexity index is 1250. The summed E-state index contributed by atoms with van der Waals surface area (Å²) in [6, 6.07) is 18.0. The van der Waals surface area contributed by atoms with Gasteiger partial charge in [0.2, 0.25) is 5.91 Å². The number of nitrogens with zero attached hydrogens (tertiary/aromatic N) is 3. The fraction of sp³-hybridized carbons (Fsp3) is 0.250. The second kappa shape index (κ2) is 10.1. The van der Waals surface area contributed by atoms with Crippen molar-refractivity contribution in [3.8, 4) is 0 Å². The lowest BCUT2D eigenvalue weighted by molar-refractivity contribution is -0.118. The van der Waals surface area contributed by atoms with Crippen molar-refractivity contribution in [1.29, 1.82) is 0 Å². The summed E-state index contributed by atoms with van der Waals surface area (Å²) < 4.78 is 1.05. The molecule has 0 aliphatic rings. The third-order valence-corrected chi connectivity index (χ3v) is 6.90. The largest absolute Gasteiger partial charge is 0.301 e. The van der Waals surface area contributed by atoms with Crippen LogP contribution in [0.3, 0.4) is 0 Å². The minimum Gasteiger partial charge on any atom is -0.301 e. The maximum Gasteiger partial charge on any atom is 0.254 e. The highest BCUT2D eigenvalue weighted by molar-refractivity contribution is 7.98. The summed E-state index contributed by atoms with van der Waals surface area (Å²) in [5.41, 5.74) is 3.10. The molecule has 0 unspecified atom stereocenters. The molecule has 1 N–H and O–H groups in total. The molecule has 4 aromatic rings. The molecule has 0 saturated carbocycles. The van der Waals surface area contributed by atoms with Crippen LogP contribution < -0.4 is 10.5 Å². The smallest absolute Gasteiger partial charge is 0.254 e. The number of thioether (sulfide) groups is 1. The van der Waals surface area contributed by atoms with Gasteiger partial charge in [-0.25, -0.2) is 9.97 Å². The number of aromatic amines is 1. The third kappa shape index (κ3) is 5.08. The van der Waals surface area contributed by atoms with Gasteiger partial charge in [0.15, 0.2) is 10.3 Å². The van der Waals surface area contributed by atoms with Gasteiger partial charge in [0.25, 0.3) is 5.56 Å². The van der Waals surface area contributed by atoms with E-state index in [2.05, 4.69) is 22.1 Å². The lowest BCUT2D eigenvalue weighted by Gasteiger charge is -2.20. The molecule has 32 heavy (non-hydrogen) atoms. The van der Waals surface area contributed by atoms with Crippen LogP contribution in [-0.4, -0.2) is 33.7 Å². The van der Waals surface area contributed by atoms with Gasteiger partial charge in [0.05, 0.1) is 10.2 Å². The Balaban J connectivity index is 1.56. The molecule has 1 amide bonds. The van der Waals surface area contributed by atoms with E-state index in [0.717, 1.165) is 22.2 Å². The van der Waals surface area contributed by atoms with Crippen LogP contribution in [0.5, 0.6) is 0 Å². The second-order valence-corrected chi connectivity index (χ2v) is 9.19. The fourth-order valence-electron chi connectivity index (χ4n) is 3.53. The topological polar surface area (TPSA) is 79.0 Å². The Morgan fingerprint density at radius 3 is 2.53 bits per heavy atom. The lowest BCUT2D eigenvalue weighted by Crippen LogP contribution is -2.33. The van der Waals surface area contributed by atoms with Crippen molar-refractivity contribution in [2.45, 2.75) is 31.3 Å². The number of para-hydroxylation sites is 1. The number of carbonyl (C=O) groups is 1. The van der Waals surface area contributed by atoms with Crippen molar-refractivity contribution in [2.24, 2.45) is 0 Å². The first-order valence-electron chi connectivity index (χ1n) is 10.4. The van der Waals surface area contributed by atoms with Crippen LogP contribution in [0.25, 0.3) is 10.2 Å². The first kappa shape index (κ1) is 22.2. The van der Waals surface area contributed by atoms with Crippen molar-refractivity contribution in [2.75, 3.05) is 17.7 Å². The SMILES string of the molecule is CSc1nc(C)c(CCC(=O)N(CCc2ccccc2)c2nc3ccccc3s2)c(=O)[nH]1. The average molecular weight is 465 g/mol. The number of hydrogen-bond acceptors (Lipinski definition) is 6. The summed E-state index contributed by atoms with van der Waals surface area (Å²) >= 11 is 2.90. The van der Waals surface area contributed by atoms with Crippen molar-refractivity contribution in [1.82, 2.24) is 15.0 Å². The van der Waals surface area contributed by atoms with Gasteiger partial charge in [-0.05, 0) is 43.7 Å². The van der Waals surface area contributed by atoms with Crippen LogP contribution in [0.4, 0.5) is 5.13 Å². The minimum absolute atomic E-state index is 0.0484. The third-order valence-electron chi connectivity index (χ3n) is 5.26. The number of amides is 1. The monoisotopic (exact) mass is 464 g/mol. The number of thiazole rings is 1. The number of H-pyrrole nitrogens is 1. The van der Waals surface area contributed by atoms with Gasteiger partial charge in [-0.3, -0.25) is 14.5 Å². The molecule has 2 heterocycles. The zero-order chi connectivity index (χ0) is 22.5. The number of rotatable bonds is 8. The lowest BCUT2D eigenvalue weighted by atomic mass is 10.1. The molecule has 2 aromatic heterocycles. The van der Waals surface area contributed by atoms with Crippen molar-refractivity contribution in [3.05, 3.63) is 81.8 Å². The first-order valence-corrected chi connectivity index (χ1v) is 12.4. The summed E-state index contributed by atoms with van der Waals surface area (Å²) in [6.07, 6.45) is 3.15. The molecule has 164 valence electrons. The van der Waals surface area contributed by atoms with E-state index in [1.807, 2.05) is 55.6 Å². The van der Waals surface area contributed by atoms with Crippen LogP contribution in [0, 0.1) is 6.92 Å². The number of benzene rings is 2. The van der Waals surface area contributed by atoms with E-state index in [0.29, 0.717) is 34.5 Å². The van der Waals surface area contributed by atoms with Gasteiger partial charge < -0.3 is 4.98 Å². The molecule has 2 aromatic carbocycles. The number of hydrogen-bond donors (Lipinski definition) is 1. The van der Waals surface area contributed by atoms with Crippen molar-refractivity contribution >= 4 is 44.4 Å². The van der Waals surface area contributed by atoms with Crippen LogP contribution >= 0.6 is 23.1 Å². The van der Waals surface area contributed by atoms with Gasteiger partial charge in [-0.1, -0.05) is 65.6 Å². The summed E-state index contributed by atoms with van der Waals surface area (Å²) in [7, 11) is 0. The first-order chi connectivity index (χ1) is 15.5. The quantitative estimate of drug-likeness (QED) is 0.304. The number of anilines is 1. The molecule has 0 bridgehead atoms. The molecule has 6 nitrogen and oxygen atoms in total. The second-order valence-electron chi connectivity index (χ2n) is 7.38. The summed E-state index contributed by atoms with van der Waals surface area (Å²) in [4.78, 5) is 39.4. The number of nitrogens with one attached hydrogen (secondary N) is 1. The van der Waals surface area contributed by atoms with Crippen LogP contribution in [0.15, 0.2) is 64.5 Å². The van der Waals surface area contributed by atoms with E-state index in [-0.39, 0.29) is 17.9 Å². The maximum absolute atomic E-state index is 13.3. The molecule has 0 fully saturated rings. The predicted molar refractivity (Wildman–Crippen MR) is 132 cm³/mol. The molecule has 4 rings (SSSR count). The maximum atomic E-state index is 13.3. The minimum atomic E-state index is -0.175. The zero-order valence-corrected chi connectivity index (χ0v) is 19.6. The molecule has 0 saturated heterocycles. The van der Waals surface area contributed by atoms with E-state index in [1.54, 1.807) is 4.90 Å². The van der Waals surface area contributed by atoms with E-state index in [9.17, 15) is 9.59 Å². The average Bonchev–Trinajstić information content (AvgIpc) is 3.23. The Morgan fingerprint density at radius 2 is 1.81 bits per heavy atom. The highest BCUT2D eigenvalue weighted by Crippen LogP contribution is 2.29. The van der Waals surface area contributed by atoms with Crippen LogP contribution in [-0.2, 0) is 17.6 Å². The molecule has 8 heteroatoms. The summed E-state index contributed by atoms with van der Waals surface area (Å²) in [6.45, 7) is 2.34. The van der Waals surface area contributed by atoms with Crippen LogP contribution in [0.1, 0.15) is 23.2 Å². The normalized spacial score (nSPS) is 11.1. The summed E-state index contributed by atoms with van der Waals surface area (Å²) in [5, 5.41) is 1.27. The molecular weight excluding hydrogens is 440 g/mol. The van der Waals surface area contributed by atoms with E-state index in [1.165, 1.54) is 23.1 Å². The molecule has 0 spiro atoms. The van der Waals surface area contributed by atoms with Crippen molar-refractivity contribution < 1.29 is 4.79 Å². The fourth-order valence-corrected chi connectivity index (χ4v) is 4.96. The molecule has 0 aliphatic carbocycles. The van der Waals surface area contributed by atoms with E-state index in [4.69, 9.17) is 4.98 Å². The molecule has 0 radical (unpaired) electrons. The van der Waals surface area contributed by atoms with Crippen LogP contribution in [0.2, 0.25) is 0 Å². The van der Waals surface area contributed by atoms with Crippen molar-refractivity contribution in [3.63, 3.8) is 0 Å². The van der Waals surface area contributed by atoms with E-state index < -0.39 is 0 Å². The predicted octanol–water partition coefficient (Wildman–Crippen LogP) is 4.62. The van der Waals surface area contributed by atoms with Gasteiger partial charge in [-0.2, -0.15) is 0 Å². The van der Waals surface area contributed by atoms with Gasteiger partial charge in [0.1, 0.15) is 0 Å². The highest BCUT2D eigenvalue weighted by Gasteiger charge is 2.21.